The predicted octanol–water partition coefficient (Wildman–Crippen LogP) is 2.97. The first-order chi connectivity index (χ1) is 13.0. The van der Waals surface area contributed by atoms with Crippen molar-refractivity contribution in [3.05, 3.63) is 48.8 Å². The molecule has 1 aromatic heterocycles. The average Bonchev–Trinajstić information content (AvgIpc) is 3.00. The second-order valence-corrected chi connectivity index (χ2v) is 6.98. The number of hydrogen-bond donors (Lipinski definition) is 0. The van der Waals surface area contributed by atoms with Crippen LogP contribution in [0.2, 0.25) is 0 Å². The highest BCUT2D eigenvalue weighted by Crippen LogP contribution is 2.38. The molecular formula is C21H22N4O2. The number of ether oxygens (including phenoxy) is 1. The Hall–Kier alpha value is -3.15. The molecule has 0 saturated carbocycles. The van der Waals surface area contributed by atoms with Crippen LogP contribution < -0.4 is 9.64 Å². The summed E-state index contributed by atoms with van der Waals surface area (Å²) in [7, 11) is 5.62. The number of likely N-dealkylation sites (tertiary alicyclic amines) is 1. The fraction of sp³-hybridized carbons (Fsp3) is 0.286. The normalized spacial score (nSPS) is 16.8. The van der Waals surface area contributed by atoms with E-state index >= 15 is 0 Å². The van der Waals surface area contributed by atoms with Crippen molar-refractivity contribution < 1.29 is 9.53 Å². The molecule has 4 rings (SSSR count). The number of carbonyl (C=O) groups excluding carboxylic acids is 1. The molecule has 138 valence electrons. The van der Waals surface area contributed by atoms with Gasteiger partial charge in [0.15, 0.2) is 6.10 Å². The summed E-state index contributed by atoms with van der Waals surface area (Å²) in [6.45, 7) is 0.715. The Labute approximate surface area is 158 Å². The van der Waals surface area contributed by atoms with E-state index in [9.17, 15) is 4.79 Å². The van der Waals surface area contributed by atoms with E-state index in [1.54, 1.807) is 24.3 Å². The van der Waals surface area contributed by atoms with E-state index < -0.39 is 6.10 Å². The third-order valence-electron chi connectivity index (χ3n) is 4.87. The third kappa shape index (κ3) is 3.18. The quantitative estimate of drug-likeness (QED) is 0.714. The van der Waals surface area contributed by atoms with Crippen molar-refractivity contribution in [1.29, 1.82) is 0 Å². The molecule has 0 spiro atoms. The number of rotatable bonds is 4. The van der Waals surface area contributed by atoms with Crippen molar-refractivity contribution in [1.82, 2.24) is 14.9 Å². The Bertz CT molecular complexity index is 985. The van der Waals surface area contributed by atoms with Crippen LogP contribution in [0.1, 0.15) is 6.42 Å². The fourth-order valence-corrected chi connectivity index (χ4v) is 3.38. The summed E-state index contributed by atoms with van der Waals surface area (Å²) in [4.78, 5) is 24.8. The van der Waals surface area contributed by atoms with Crippen molar-refractivity contribution >= 4 is 22.6 Å². The highest BCUT2D eigenvalue weighted by molar-refractivity contribution is 5.99. The van der Waals surface area contributed by atoms with E-state index in [1.807, 2.05) is 43.3 Å². The van der Waals surface area contributed by atoms with Crippen molar-refractivity contribution in [2.75, 3.05) is 32.6 Å². The molecule has 1 amide bonds. The zero-order valence-electron chi connectivity index (χ0n) is 15.7. The van der Waals surface area contributed by atoms with E-state index in [2.05, 4.69) is 22.1 Å². The highest BCUT2D eigenvalue weighted by Gasteiger charge is 2.31. The summed E-state index contributed by atoms with van der Waals surface area (Å²) in [5, 5.41) is 2.15. The van der Waals surface area contributed by atoms with Gasteiger partial charge in [-0.1, -0.05) is 30.3 Å². The lowest BCUT2D eigenvalue weighted by atomic mass is 9.99. The minimum Gasteiger partial charge on any atom is -0.480 e. The van der Waals surface area contributed by atoms with E-state index in [4.69, 9.17) is 4.74 Å². The van der Waals surface area contributed by atoms with Crippen LogP contribution in [-0.2, 0) is 4.79 Å². The summed E-state index contributed by atoms with van der Waals surface area (Å²) in [5.41, 5.74) is 1.78. The van der Waals surface area contributed by atoms with Gasteiger partial charge in [0.05, 0.1) is 0 Å². The van der Waals surface area contributed by atoms with Crippen molar-refractivity contribution in [2.24, 2.45) is 0 Å². The Morgan fingerprint density at radius 2 is 1.85 bits per heavy atom. The third-order valence-corrected chi connectivity index (χ3v) is 4.87. The van der Waals surface area contributed by atoms with Crippen LogP contribution in [0.25, 0.3) is 21.9 Å². The van der Waals surface area contributed by atoms with Gasteiger partial charge in [-0.2, -0.15) is 0 Å². The van der Waals surface area contributed by atoms with Gasteiger partial charge in [-0.25, -0.2) is 9.97 Å². The molecule has 0 radical (unpaired) electrons. The monoisotopic (exact) mass is 362 g/mol. The summed E-state index contributed by atoms with van der Waals surface area (Å²) >= 11 is 0. The Morgan fingerprint density at radius 3 is 2.52 bits per heavy atom. The van der Waals surface area contributed by atoms with Crippen LogP contribution in [-0.4, -0.2) is 54.6 Å². The number of aromatic nitrogens is 2. The first-order valence-electron chi connectivity index (χ1n) is 8.97. The molecule has 6 nitrogen and oxygen atoms in total. The lowest BCUT2D eigenvalue weighted by molar-refractivity contribution is -0.132. The van der Waals surface area contributed by atoms with Crippen molar-refractivity contribution in [2.45, 2.75) is 12.5 Å². The van der Waals surface area contributed by atoms with Crippen LogP contribution >= 0.6 is 0 Å². The molecule has 1 aliphatic heterocycles. The largest absolute Gasteiger partial charge is 0.480 e. The molecule has 1 aliphatic rings. The number of amides is 1. The summed E-state index contributed by atoms with van der Waals surface area (Å²) < 4.78 is 6.17. The van der Waals surface area contributed by atoms with Crippen LogP contribution in [0.4, 0.5) is 5.95 Å². The van der Waals surface area contributed by atoms with Gasteiger partial charge in [0.25, 0.3) is 5.91 Å². The van der Waals surface area contributed by atoms with Gasteiger partial charge in [-0.15, -0.1) is 0 Å². The van der Waals surface area contributed by atoms with E-state index in [-0.39, 0.29) is 5.91 Å². The van der Waals surface area contributed by atoms with E-state index in [1.165, 1.54) is 0 Å². The molecule has 1 atom stereocenters. The molecule has 0 N–H and O–H groups in total. The van der Waals surface area contributed by atoms with Gasteiger partial charge >= 0.3 is 0 Å². The zero-order chi connectivity index (χ0) is 19.0. The van der Waals surface area contributed by atoms with Gasteiger partial charge in [0, 0.05) is 57.6 Å². The molecule has 1 saturated heterocycles. The number of anilines is 1. The summed E-state index contributed by atoms with van der Waals surface area (Å²) in [6, 6.07) is 12.1. The standard InChI is InChI=1S/C21H22N4O2/c1-24(2)21-22-12-15(13-23-21)19-16-7-5-4-6-14(16)8-9-17(19)27-18-10-11-25(3)20(18)26/h4-9,12-13,18H,10-11H2,1-3H3. The summed E-state index contributed by atoms with van der Waals surface area (Å²) in [5.74, 6) is 1.35. The van der Waals surface area contributed by atoms with Gasteiger partial charge < -0.3 is 14.5 Å². The van der Waals surface area contributed by atoms with Crippen molar-refractivity contribution in [3.63, 3.8) is 0 Å². The molecule has 2 aromatic carbocycles. The first kappa shape index (κ1) is 17.3. The molecule has 2 heterocycles. The van der Waals surface area contributed by atoms with E-state index in [0.717, 1.165) is 21.9 Å². The molecule has 3 aromatic rings. The predicted molar refractivity (Wildman–Crippen MR) is 106 cm³/mol. The fourth-order valence-electron chi connectivity index (χ4n) is 3.38. The number of fused-ring (bicyclic) bond motifs is 1. The second kappa shape index (κ2) is 6.87. The maximum absolute atomic E-state index is 12.3. The molecule has 0 aliphatic carbocycles. The van der Waals surface area contributed by atoms with Gasteiger partial charge in [-0.3, -0.25) is 4.79 Å². The highest BCUT2D eigenvalue weighted by atomic mass is 16.5. The average molecular weight is 362 g/mol. The van der Waals surface area contributed by atoms with Crippen molar-refractivity contribution in [3.8, 4) is 16.9 Å². The number of likely N-dealkylation sites (N-methyl/N-ethyl adjacent to an activating group) is 1. The molecule has 1 fully saturated rings. The second-order valence-electron chi connectivity index (χ2n) is 6.98. The van der Waals surface area contributed by atoms with Crippen LogP contribution in [0.3, 0.4) is 0 Å². The first-order valence-corrected chi connectivity index (χ1v) is 8.97. The number of hydrogen-bond acceptors (Lipinski definition) is 5. The van der Waals surface area contributed by atoms with Crippen LogP contribution in [0, 0.1) is 0 Å². The van der Waals surface area contributed by atoms with Crippen LogP contribution in [0.5, 0.6) is 5.75 Å². The number of nitrogens with zero attached hydrogens (tertiary/aromatic N) is 4. The summed E-state index contributed by atoms with van der Waals surface area (Å²) in [6.07, 6.45) is 3.86. The minimum absolute atomic E-state index is 0.0216. The maximum atomic E-state index is 12.3. The Morgan fingerprint density at radius 1 is 1.11 bits per heavy atom. The molecule has 27 heavy (non-hydrogen) atoms. The van der Waals surface area contributed by atoms with Gasteiger partial charge in [0.1, 0.15) is 5.75 Å². The molecule has 6 heteroatoms. The number of benzene rings is 2. The molecular weight excluding hydrogens is 340 g/mol. The number of carbonyl (C=O) groups is 1. The Kier molecular flexibility index (Phi) is 4.39. The molecule has 0 bridgehead atoms. The maximum Gasteiger partial charge on any atom is 0.263 e. The van der Waals surface area contributed by atoms with Gasteiger partial charge in [-0.05, 0) is 16.8 Å². The minimum atomic E-state index is -0.447. The topological polar surface area (TPSA) is 58.6 Å². The molecule has 1 unspecified atom stereocenters. The zero-order valence-corrected chi connectivity index (χ0v) is 15.7. The smallest absolute Gasteiger partial charge is 0.263 e. The van der Waals surface area contributed by atoms with E-state index in [0.29, 0.717) is 24.7 Å². The lowest BCUT2D eigenvalue weighted by Gasteiger charge is -2.18. The van der Waals surface area contributed by atoms with Gasteiger partial charge in [0.2, 0.25) is 5.95 Å². The lowest BCUT2D eigenvalue weighted by Crippen LogP contribution is -2.29. The SMILES string of the molecule is CN1CCC(Oc2ccc3ccccc3c2-c2cnc(N(C)C)nc2)C1=O. The van der Waals surface area contributed by atoms with Crippen LogP contribution in [0.15, 0.2) is 48.8 Å². The Balaban J connectivity index is 1.82.